The number of nitrogens with zero attached hydrogens (tertiary/aromatic N) is 2. The fourth-order valence-corrected chi connectivity index (χ4v) is 2.14. The lowest BCUT2D eigenvalue weighted by Gasteiger charge is -2.26. The first-order valence-corrected chi connectivity index (χ1v) is 5.34. The van der Waals surface area contributed by atoms with Gasteiger partial charge in [-0.25, -0.2) is 4.98 Å². The van der Waals surface area contributed by atoms with Crippen LogP contribution in [0.5, 0.6) is 0 Å². The Morgan fingerprint density at radius 3 is 3.12 bits per heavy atom. The maximum Gasteiger partial charge on any atom is 0.157 e. The van der Waals surface area contributed by atoms with Crippen LogP contribution in [0.4, 0.5) is 0 Å². The van der Waals surface area contributed by atoms with Crippen LogP contribution in [0.15, 0.2) is 12.1 Å². The molecule has 1 aliphatic carbocycles. The number of pyridine rings is 1. The van der Waals surface area contributed by atoms with Crippen molar-refractivity contribution < 1.29 is 9.84 Å². The molecule has 0 aromatic carbocycles. The molecule has 1 aromatic heterocycles. The Balaban J connectivity index is 2.19. The lowest BCUT2D eigenvalue weighted by atomic mass is 9.86. The summed E-state index contributed by atoms with van der Waals surface area (Å²) in [4.78, 5) is 4.27. The smallest absolute Gasteiger partial charge is 0.157 e. The average Bonchev–Trinajstić information content (AvgIpc) is 2.36. The number of hydrogen-bond acceptors (Lipinski definition) is 4. The molecule has 16 heavy (non-hydrogen) atoms. The SMILES string of the molecule is COC(O)C1CCc2nc(C#N)ccc2C1. The molecule has 2 atom stereocenters. The first-order valence-electron chi connectivity index (χ1n) is 5.34. The summed E-state index contributed by atoms with van der Waals surface area (Å²) in [6.07, 6.45) is 1.71. The van der Waals surface area contributed by atoms with E-state index < -0.39 is 6.29 Å². The van der Waals surface area contributed by atoms with Crippen LogP contribution >= 0.6 is 0 Å². The van der Waals surface area contributed by atoms with Gasteiger partial charge >= 0.3 is 0 Å². The van der Waals surface area contributed by atoms with E-state index in [0.29, 0.717) is 5.69 Å². The number of methoxy groups -OCH3 is 1. The van der Waals surface area contributed by atoms with Crippen LogP contribution in [0.2, 0.25) is 0 Å². The van der Waals surface area contributed by atoms with Crippen molar-refractivity contribution in [3.63, 3.8) is 0 Å². The standard InChI is InChI=1S/C12H14N2O2/c1-16-12(15)9-3-5-11-8(6-9)2-4-10(7-13)14-11/h2,4,9,12,15H,3,5-6H2,1H3. The predicted octanol–water partition coefficient (Wildman–Crippen LogP) is 1.02. The van der Waals surface area contributed by atoms with Crippen LogP contribution in [0.1, 0.15) is 23.4 Å². The Morgan fingerprint density at radius 2 is 2.44 bits per heavy atom. The number of hydrogen-bond donors (Lipinski definition) is 1. The summed E-state index contributed by atoms with van der Waals surface area (Å²) in [5, 5.41) is 18.4. The molecule has 1 aliphatic rings. The number of rotatable bonds is 2. The Labute approximate surface area is 94.5 Å². The van der Waals surface area contributed by atoms with Gasteiger partial charge in [0, 0.05) is 18.7 Å². The number of aliphatic hydroxyl groups excluding tert-OH is 1. The summed E-state index contributed by atoms with van der Waals surface area (Å²) in [6.45, 7) is 0. The van der Waals surface area contributed by atoms with Crippen LogP contribution in [0.25, 0.3) is 0 Å². The van der Waals surface area contributed by atoms with Crippen molar-refractivity contribution in [2.75, 3.05) is 7.11 Å². The molecule has 0 amide bonds. The third-order valence-electron chi connectivity index (χ3n) is 3.06. The third kappa shape index (κ3) is 2.06. The molecular weight excluding hydrogens is 204 g/mol. The average molecular weight is 218 g/mol. The van der Waals surface area contributed by atoms with Gasteiger partial charge in [-0.15, -0.1) is 0 Å². The minimum atomic E-state index is -0.705. The van der Waals surface area contributed by atoms with Gasteiger partial charge in [0.25, 0.3) is 0 Å². The molecule has 0 saturated carbocycles. The summed E-state index contributed by atoms with van der Waals surface area (Å²) in [6, 6.07) is 5.69. The van der Waals surface area contributed by atoms with Crippen molar-refractivity contribution in [1.29, 1.82) is 5.26 Å². The zero-order valence-electron chi connectivity index (χ0n) is 9.18. The van der Waals surface area contributed by atoms with Crippen molar-refractivity contribution in [3.05, 3.63) is 29.1 Å². The monoisotopic (exact) mass is 218 g/mol. The van der Waals surface area contributed by atoms with Gasteiger partial charge in [0.2, 0.25) is 0 Å². The molecule has 0 aliphatic heterocycles. The fraction of sp³-hybridized carbons (Fsp3) is 0.500. The predicted molar refractivity (Wildman–Crippen MR) is 57.5 cm³/mol. The highest BCUT2D eigenvalue weighted by Gasteiger charge is 2.25. The van der Waals surface area contributed by atoms with Crippen LogP contribution < -0.4 is 0 Å². The van der Waals surface area contributed by atoms with Gasteiger partial charge in [-0.1, -0.05) is 6.07 Å². The zero-order valence-corrected chi connectivity index (χ0v) is 9.18. The van der Waals surface area contributed by atoms with E-state index in [1.165, 1.54) is 7.11 Å². The molecular formula is C12H14N2O2. The van der Waals surface area contributed by atoms with E-state index in [4.69, 9.17) is 10.00 Å². The summed E-state index contributed by atoms with van der Waals surface area (Å²) < 4.78 is 4.93. The Morgan fingerprint density at radius 1 is 1.62 bits per heavy atom. The van der Waals surface area contributed by atoms with E-state index in [1.807, 2.05) is 12.1 Å². The van der Waals surface area contributed by atoms with Gasteiger partial charge in [-0.05, 0) is 30.9 Å². The number of aryl methyl sites for hydroxylation is 1. The lowest BCUT2D eigenvalue weighted by Crippen LogP contribution is -2.28. The molecule has 2 rings (SSSR count). The highest BCUT2D eigenvalue weighted by molar-refractivity contribution is 5.30. The molecule has 0 fully saturated rings. The summed E-state index contributed by atoms with van der Waals surface area (Å²) in [5.41, 5.74) is 2.56. The molecule has 1 heterocycles. The Kier molecular flexibility index (Phi) is 3.18. The van der Waals surface area contributed by atoms with Gasteiger partial charge in [-0.2, -0.15) is 5.26 Å². The molecule has 1 N–H and O–H groups in total. The first-order chi connectivity index (χ1) is 7.74. The third-order valence-corrected chi connectivity index (χ3v) is 3.06. The minimum Gasteiger partial charge on any atom is -0.368 e. The van der Waals surface area contributed by atoms with Crippen LogP contribution in [0.3, 0.4) is 0 Å². The number of aromatic nitrogens is 1. The highest BCUT2D eigenvalue weighted by atomic mass is 16.6. The van der Waals surface area contributed by atoms with E-state index in [1.54, 1.807) is 6.07 Å². The minimum absolute atomic E-state index is 0.132. The molecule has 4 nitrogen and oxygen atoms in total. The molecule has 0 saturated heterocycles. The second-order valence-corrected chi connectivity index (χ2v) is 4.04. The van der Waals surface area contributed by atoms with Crippen molar-refractivity contribution in [1.82, 2.24) is 4.98 Å². The Bertz CT molecular complexity index is 426. The van der Waals surface area contributed by atoms with E-state index in [9.17, 15) is 5.11 Å². The van der Waals surface area contributed by atoms with E-state index in [-0.39, 0.29) is 5.92 Å². The first kappa shape index (κ1) is 11.1. The van der Waals surface area contributed by atoms with Gasteiger partial charge in [-0.3, -0.25) is 0 Å². The van der Waals surface area contributed by atoms with Crippen molar-refractivity contribution in [2.45, 2.75) is 25.6 Å². The molecule has 0 spiro atoms. The zero-order chi connectivity index (χ0) is 11.5. The number of fused-ring (bicyclic) bond motifs is 1. The second kappa shape index (κ2) is 4.60. The lowest BCUT2D eigenvalue weighted by molar-refractivity contribution is -0.115. The quantitative estimate of drug-likeness (QED) is 0.753. The van der Waals surface area contributed by atoms with Gasteiger partial charge in [0.1, 0.15) is 11.8 Å². The number of ether oxygens (including phenoxy) is 1. The summed E-state index contributed by atoms with van der Waals surface area (Å²) in [5.74, 6) is 0.132. The van der Waals surface area contributed by atoms with Gasteiger partial charge < -0.3 is 9.84 Å². The fourth-order valence-electron chi connectivity index (χ4n) is 2.14. The topological polar surface area (TPSA) is 66.1 Å². The molecule has 2 unspecified atom stereocenters. The van der Waals surface area contributed by atoms with Gasteiger partial charge in [0.05, 0.1) is 0 Å². The van der Waals surface area contributed by atoms with Crippen molar-refractivity contribution in [2.24, 2.45) is 5.92 Å². The van der Waals surface area contributed by atoms with E-state index in [2.05, 4.69) is 4.98 Å². The number of nitriles is 1. The second-order valence-electron chi connectivity index (χ2n) is 4.04. The van der Waals surface area contributed by atoms with Crippen LogP contribution in [-0.2, 0) is 17.6 Å². The molecule has 84 valence electrons. The molecule has 0 bridgehead atoms. The normalized spacial score (nSPS) is 20.9. The summed E-state index contributed by atoms with van der Waals surface area (Å²) in [7, 11) is 1.51. The molecule has 4 heteroatoms. The Hall–Kier alpha value is -1.44. The summed E-state index contributed by atoms with van der Waals surface area (Å²) >= 11 is 0. The maximum atomic E-state index is 9.61. The van der Waals surface area contributed by atoms with Crippen molar-refractivity contribution in [3.8, 4) is 6.07 Å². The van der Waals surface area contributed by atoms with Gasteiger partial charge in [0.15, 0.2) is 6.29 Å². The van der Waals surface area contributed by atoms with Crippen LogP contribution in [-0.4, -0.2) is 23.5 Å². The maximum absolute atomic E-state index is 9.61. The molecule has 0 radical (unpaired) electrons. The largest absolute Gasteiger partial charge is 0.368 e. The van der Waals surface area contributed by atoms with E-state index >= 15 is 0 Å². The van der Waals surface area contributed by atoms with Crippen molar-refractivity contribution >= 4 is 0 Å². The molecule has 1 aromatic rings. The highest BCUT2D eigenvalue weighted by Crippen LogP contribution is 2.26. The van der Waals surface area contributed by atoms with Crippen LogP contribution in [0, 0.1) is 17.2 Å². The number of aliphatic hydroxyl groups is 1. The van der Waals surface area contributed by atoms with E-state index in [0.717, 1.165) is 30.5 Å².